The Morgan fingerprint density at radius 2 is 2.26 bits per heavy atom. The highest BCUT2D eigenvalue weighted by atomic mass is 16.6. The van der Waals surface area contributed by atoms with E-state index in [1.807, 2.05) is 27.8 Å². The van der Waals surface area contributed by atoms with Gasteiger partial charge in [0.15, 0.2) is 0 Å². The maximum Gasteiger partial charge on any atom is 0.323 e. The maximum absolute atomic E-state index is 12.2. The quantitative estimate of drug-likeness (QED) is 0.767. The molecule has 0 unspecified atom stereocenters. The molecule has 0 bridgehead atoms. The van der Waals surface area contributed by atoms with Crippen LogP contribution in [0.2, 0.25) is 0 Å². The average Bonchev–Trinajstić information content (AvgIpc) is 2.87. The van der Waals surface area contributed by atoms with Crippen LogP contribution in [0, 0.1) is 0 Å². The van der Waals surface area contributed by atoms with Gasteiger partial charge < -0.3 is 4.74 Å². The largest absolute Gasteiger partial charge is 0.459 e. The first kappa shape index (κ1) is 14.0. The summed E-state index contributed by atoms with van der Waals surface area (Å²) in [4.78, 5) is 18.5. The summed E-state index contributed by atoms with van der Waals surface area (Å²) in [5.74, 6) is 0.739. The molecule has 0 spiro atoms. The molecule has 6 nitrogen and oxygen atoms in total. The van der Waals surface area contributed by atoms with Crippen molar-refractivity contribution in [1.29, 1.82) is 0 Å². The van der Waals surface area contributed by atoms with E-state index in [2.05, 4.69) is 15.0 Å². The lowest BCUT2D eigenvalue weighted by molar-refractivity contribution is -0.160. The Kier molecular flexibility index (Phi) is 3.89. The minimum atomic E-state index is -0.434. The number of rotatable bonds is 3. The zero-order valence-corrected chi connectivity index (χ0v) is 12.1. The fourth-order valence-electron chi connectivity index (χ4n) is 2.30. The zero-order chi connectivity index (χ0) is 14.0. The highest BCUT2D eigenvalue weighted by molar-refractivity contribution is 5.76. The summed E-state index contributed by atoms with van der Waals surface area (Å²) in [6, 6.07) is -0.157. The summed E-state index contributed by atoms with van der Waals surface area (Å²) in [5, 5.41) is 4.05. The molecule has 106 valence electrons. The molecule has 2 rings (SSSR count). The lowest BCUT2D eigenvalue weighted by atomic mass is 10.1. The van der Waals surface area contributed by atoms with Gasteiger partial charge in [0.05, 0.1) is 6.54 Å². The predicted octanol–water partition coefficient (Wildman–Crippen LogP) is 1.12. The molecule has 0 radical (unpaired) electrons. The minimum absolute atomic E-state index is 0.132. The third-order valence-corrected chi connectivity index (χ3v) is 3.19. The zero-order valence-electron chi connectivity index (χ0n) is 12.1. The summed E-state index contributed by atoms with van der Waals surface area (Å²) in [5.41, 5.74) is -0.434. The molecule has 1 aromatic heterocycles. The van der Waals surface area contributed by atoms with Crippen LogP contribution in [0.25, 0.3) is 0 Å². The smallest absolute Gasteiger partial charge is 0.323 e. The van der Waals surface area contributed by atoms with Crippen LogP contribution >= 0.6 is 0 Å². The van der Waals surface area contributed by atoms with E-state index in [1.165, 1.54) is 6.33 Å². The van der Waals surface area contributed by atoms with E-state index < -0.39 is 5.60 Å². The van der Waals surface area contributed by atoms with Crippen molar-refractivity contribution in [2.75, 3.05) is 6.54 Å². The van der Waals surface area contributed by atoms with Crippen molar-refractivity contribution >= 4 is 5.97 Å². The van der Waals surface area contributed by atoms with Crippen LogP contribution in [0.5, 0.6) is 0 Å². The van der Waals surface area contributed by atoms with Gasteiger partial charge >= 0.3 is 5.97 Å². The van der Waals surface area contributed by atoms with Crippen molar-refractivity contribution < 1.29 is 9.53 Å². The Labute approximate surface area is 113 Å². The Balaban J connectivity index is 2.01. The van der Waals surface area contributed by atoms with Crippen molar-refractivity contribution in [2.45, 2.75) is 51.8 Å². The highest BCUT2D eigenvalue weighted by Crippen LogP contribution is 2.22. The molecule has 0 amide bonds. The van der Waals surface area contributed by atoms with Crippen molar-refractivity contribution in [2.24, 2.45) is 7.05 Å². The number of aromatic nitrogens is 3. The monoisotopic (exact) mass is 266 g/mol. The standard InChI is InChI=1S/C13H22N4O2/c1-13(2,3)19-12(18)10-6-5-7-17(10)8-11-14-9-15-16(11)4/h9-10H,5-8H2,1-4H3/t10-/m0/s1. The lowest BCUT2D eigenvalue weighted by Gasteiger charge is -2.26. The molecule has 0 saturated carbocycles. The summed E-state index contributed by atoms with van der Waals surface area (Å²) in [7, 11) is 1.86. The fourth-order valence-corrected chi connectivity index (χ4v) is 2.30. The summed E-state index contributed by atoms with van der Waals surface area (Å²) >= 11 is 0. The van der Waals surface area contributed by atoms with Crippen molar-refractivity contribution in [3.8, 4) is 0 Å². The Morgan fingerprint density at radius 3 is 2.84 bits per heavy atom. The Bertz CT molecular complexity index is 450. The molecule has 1 aliphatic heterocycles. The highest BCUT2D eigenvalue weighted by Gasteiger charge is 2.34. The van der Waals surface area contributed by atoms with Gasteiger partial charge in [0.25, 0.3) is 0 Å². The van der Waals surface area contributed by atoms with Crippen LogP contribution in [-0.4, -0.2) is 43.8 Å². The molecule has 0 N–H and O–H groups in total. The van der Waals surface area contributed by atoms with Crippen molar-refractivity contribution in [3.63, 3.8) is 0 Å². The number of carbonyl (C=O) groups excluding carboxylic acids is 1. The van der Waals surface area contributed by atoms with E-state index in [0.29, 0.717) is 6.54 Å². The fraction of sp³-hybridized carbons (Fsp3) is 0.769. The van der Waals surface area contributed by atoms with Crippen LogP contribution in [0.3, 0.4) is 0 Å². The number of nitrogens with zero attached hydrogens (tertiary/aromatic N) is 4. The number of hydrogen-bond acceptors (Lipinski definition) is 5. The molecular weight excluding hydrogens is 244 g/mol. The van der Waals surface area contributed by atoms with Gasteiger partial charge in [-0.2, -0.15) is 5.10 Å². The first-order chi connectivity index (χ1) is 8.87. The lowest BCUT2D eigenvalue weighted by Crippen LogP contribution is -2.40. The van der Waals surface area contributed by atoms with E-state index in [0.717, 1.165) is 25.2 Å². The van der Waals surface area contributed by atoms with Crippen LogP contribution in [0.1, 0.15) is 39.4 Å². The summed E-state index contributed by atoms with van der Waals surface area (Å²) in [6.07, 6.45) is 3.41. The Morgan fingerprint density at radius 1 is 1.53 bits per heavy atom. The molecule has 2 heterocycles. The van der Waals surface area contributed by atoms with Gasteiger partial charge in [-0.15, -0.1) is 0 Å². The SMILES string of the molecule is Cn1ncnc1CN1CCC[C@H]1C(=O)OC(C)(C)C. The molecule has 0 aromatic carbocycles. The number of carbonyl (C=O) groups is 1. The number of hydrogen-bond donors (Lipinski definition) is 0. The van der Waals surface area contributed by atoms with Gasteiger partial charge in [0.1, 0.15) is 23.8 Å². The van der Waals surface area contributed by atoms with Crippen molar-refractivity contribution in [1.82, 2.24) is 19.7 Å². The third kappa shape index (κ3) is 3.53. The average molecular weight is 266 g/mol. The van der Waals surface area contributed by atoms with Gasteiger partial charge in [0, 0.05) is 7.05 Å². The topological polar surface area (TPSA) is 60.2 Å². The first-order valence-electron chi connectivity index (χ1n) is 6.66. The van der Waals surface area contributed by atoms with E-state index in [1.54, 1.807) is 4.68 Å². The minimum Gasteiger partial charge on any atom is -0.459 e. The van der Waals surface area contributed by atoms with Gasteiger partial charge in [0.2, 0.25) is 0 Å². The van der Waals surface area contributed by atoms with E-state index in [4.69, 9.17) is 4.74 Å². The molecule has 1 aliphatic rings. The van der Waals surface area contributed by atoms with E-state index in [-0.39, 0.29) is 12.0 Å². The van der Waals surface area contributed by atoms with Gasteiger partial charge in [-0.1, -0.05) is 0 Å². The van der Waals surface area contributed by atoms with E-state index >= 15 is 0 Å². The predicted molar refractivity (Wildman–Crippen MR) is 70.3 cm³/mol. The number of ether oxygens (including phenoxy) is 1. The van der Waals surface area contributed by atoms with Gasteiger partial charge in [-0.3, -0.25) is 14.4 Å². The number of esters is 1. The third-order valence-electron chi connectivity index (χ3n) is 3.19. The summed E-state index contributed by atoms with van der Waals surface area (Å²) < 4.78 is 7.22. The molecule has 1 atom stereocenters. The van der Waals surface area contributed by atoms with Crippen molar-refractivity contribution in [3.05, 3.63) is 12.2 Å². The maximum atomic E-state index is 12.2. The van der Waals surface area contributed by atoms with E-state index in [9.17, 15) is 4.79 Å². The molecule has 1 aromatic rings. The Hall–Kier alpha value is -1.43. The summed E-state index contributed by atoms with van der Waals surface area (Å²) in [6.45, 7) is 7.23. The first-order valence-corrected chi connectivity index (χ1v) is 6.66. The number of likely N-dealkylation sites (tertiary alicyclic amines) is 1. The molecular formula is C13H22N4O2. The van der Waals surface area contributed by atoms with Gasteiger partial charge in [-0.25, -0.2) is 4.98 Å². The molecule has 1 fully saturated rings. The molecule has 19 heavy (non-hydrogen) atoms. The van der Waals surface area contributed by atoms with Crippen LogP contribution in [0.4, 0.5) is 0 Å². The second-order valence-corrected chi connectivity index (χ2v) is 5.96. The number of aryl methyl sites for hydroxylation is 1. The molecule has 0 aliphatic carbocycles. The molecule has 1 saturated heterocycles. The van der Waals surface area contributed by atoms with Crippen LogP contribution in [0.15, 0.2) is 6.33 Å². The van der Waals surface area contributed by atoms with Gasteiger partial charge in [-0.05, 0) is 40.2 Å². The molecule has 6 heteroatoms. The van der Waals surface area contributed by atoms with Crippen LogP contribution < -0.4 is 0 Å². The van der Waals surface area contributed by atoms with Crippen LogP contribution in [-0.2, 0) is 23.1 Å². The normalized spacial score (nSPS) is 20.7. The second-order valence-electron chi connectivity index (χ2n) is 5.96. The second kappa shape index (κ2) is 5.28.